The van der Waals surface area contributed by atoms with Gasteiger partial charge in [0.1, 0.15) is 34.9 Å². The monoisotopic (exact) mass is 1000 g/mol. The summed E-state index contributed by atoms with van der Waals surface area (Å²) in [7, 11) is 0. The first-order chi connectivity index (χ1) is 38.7. The lowest BCUT2D eigenvalue weighted by Gasteiger charge is -2.31. The first-order valence-electron chi connectivity index (χ1n) is 26.0. The number of para-hydroxylation sites is 4. The van der Waals surface area contributed by atoms with Crippen molar-refractivity contribution in [3.05, 3.63) is 261 Å². The highest BCUT2D eigenvalue weighted by atomic mass is 15.3. The van der Waals surface area contributed by atoms with Gasteiger partial charge in [-0.05, 0) is 158 Å². The molecule has 15 aromatic rings. The molecule has 6 bridgehead atoms. The average Bonchev–Trinajstić information content (AvgIpc) is 4.20. The molecule has 7 aromatic carbocycles. The summed E-state index contributed by atoms with van der Waals surface area (Å²) < 4.78 is 6.90. The highest BCUT2D eigenvalue weighted by Gasteiger charge is 2.27. The Bertz CT molecular complexity index is 4290. The zero-order chi connectivity index (χ0) is 51.3. The third kappa shape index (κ3) is 6.75. The number of pyridine rings is 5. The van der Waals surface area contributed by atoms with E-state index in [4.69, 9.17) is 24.9 Å². The van der Waals surface area contributed by atoms with Crippen LogP contribution < -0.4 is 14.7 Å². The second-order valence-corrected chi connectivity index (χ2v) is 19.4. The molecule has 0 amide bonds. The Morgan fingerprint density at radius 2 is 0.538 bits per heavy atom. The van der Waals surface area contributed by atoms with Crippen LogP contribution in [0.25, 0.3) is 82.7 Å². The maximum Gasteiger partial charge on any atom is 0.141 e. The Labute approximate surface area is 447 Å². The van der Waals surface area contributed by atoms with Gasteiger partial charge in [-0.2, -0.15) is 0 Å². The van der Waals surface area contributed by atoms with E-state index in [1.165, 1.54) is 0 Å². The molecule has 0 spiro atoms. The van der Waals surface area contributed by atoms with Crippen molar-refractivity contribution in [2.75, 3.05) is 14.7 Å². The molecule has 366 valence electrons. The molecule has 1 aliphatic heterocycles. The molecule has 8 aromatic heterocycles. The Balaban J connectivity index is 0.947. The summed E-state index contributed by atoms with van der Waals surface area (Å²) in [5.74, 6) is 4.05. The van der Waals surface area contributed by atoms with Gasteiger partial charge in [0.15, 0.2) is 0 Å². The van der Waals surface area contributed by atoms with Gasteiger partial charge in [0.05, 0.1) is 44.1 Å². The lowest BCUT2D eigenvalue weighted by molar-refractivity contribution is 1.05. The summed E-state index contributed by atoms with van der Waals surface area (Å²) in [6.07, 6.45) is 3.73. The summed E-state index contributed by atoms with van der Waals surface area (Å²) in [5.41, 5.74) is 14.0. The summed E-state index contributed by atoms with van der Waals surface area (Å²) in [4.78, 5) is 33.3. The van der Waals surface area contributed by atoms with E-state index in [1.807, 2.05) is 36.7 Å². The zero-order valence-corrected chi connectivity index (χ0v) is 41.7. The molecule has 1 aliphatic rings. The Morgan fingerprint density at radius 1 is 0.218 bits per heavy atom. The number of hydrogen-bond donors (Lipinski definition) is 0. The number of anilines is 9. The molecule has 0 fully saturated rings. The third-order valence-electron chi connectivity index (χ3n) is 15.0. The molecule has 0 atom stereocenters. The molecule has 78 heavy (non-hydrogen) atoms. The van der Waals surface area contributed by atoms with Crippen LogP contribution in [0.3, 0.4) is 0 Å². The second-order valence-electron chi connectivity index (χ2n) is 19.4. The smallest absolute Gasteiger partial charge is 0.141 e. The minimum absolute atomic E-state index is 0.670. The topological polar surface area (TPSA) is 89.0 Å². The largest absolute Gasteiger partial charge is 0.309 e. The molecule has 0 saturated carbocycles. The number of nitrogens with zero attached hydrogens (tertiary/aromatic N) is 11. The van der Waals surface area contributed by atoms with E-state index in [0.717, 1.165) is 99.8 Å². The van der Waals surface area contributed by atoms with Crippen LogP contribution in [0, 0.1) is 0 Å². The maximum atomic E-state index is 5.61. The quantitative estimate of drug-likeness (QED) is 0.163. The van der Waals surface area contributed by atoms with Crippen molar-refractivity contribution in [1.82, 2.24) is 38.6 Å². The molecular formula is C67H43N11. The van der Waals surface area contributed by atoms with Gasteiger partial charge in [0, 0.05) is 68.1 Å². The maximum absolute atomic E-state index is 5.61. The van der Waals surface area contributed by atoms with Crippen LogP contribution >= 0.6 is 0 Å². The minimum atomic E-state index is 0.670. The first kappa shape index (κ1) is 43.5. The predicted octanol–water partition coefficient (Wildman–Crippen LogP) is 16.7. The van der Waals surface area contributed by atoms with Crippen molar-refractivity contribution >= 4 is 118 Å². The van der Waals surface area contributed by atoms with E-state index in [-0.39, 0.29) is 0 Å². The SMILES string of the molecule is c1ccc(-n2c3ccccc3c3cc(N4c5cccc(n5)N(c5ccc6c(c5)c5ncccc5n6-c5ccccc5)c5cccc(n5)N(c5ccc6c(c5)c5ncccc5n6-c5ccccc5)c5cccc4n5)ccc32)cc1. The number of aromatic nitrogens is 8. The van der Waals surface area contributed by atoms with Gasteiger partial charge < -0.3 is 13.7 Å². The molecule has 0 radical (unpaired) electrons. The summed E-state index contributed by atoms with van der Waals surface area (Å²) in [5, 5.41) is 4.27. The summed E-state index contributed by atoms with van der Waals surface area (Å²) in [6.45, 7) is 0. The van der Waals surface area contributed by atoms with Crippen LogP contribution in [-0.2, 0) is 0 Å². The molecule has 11 heteroatoms. The number of hydrogen-bond acceptors (Lipinski definition) is 8. The van der Waals surface area contributed by atoms with Crippen LogP contribution in [0.5, 0.6) is 0 Å². The zero-order valence-electron chi connectivity index (χ0n) is 41.7. The van der Waals surface area contributed by atoms with E-state index in [1.54, 1.807) is 0 Å². The number of rotatable bonds is 6. The van der Waals surface area contributed by atoms with Crippen LogP contribution in [0.15, 0.2) is 261 Å². The van der Waals surface area contributed by atoms with Gasteiger partial charge in [-0.3, -0.25) is 24.7 Å². The van der Waals surface area contributed by atoms with Gasteiger partial charge >= 0.3 is 0 Å². The molecule has 0 aliphatic carbocycles. The van der Waals surface area contributed by atoms with E-state index >= 15 is 0 Å². The van der Waals surface area contributed by atoms with Crippen LogP contribution in [0.2, 0.25) is 0 Å². The van der Waals surface area contributed by atoms with Gasteiger partial charge in [-0.15, -0.1) is 0 Å². The molecule has 16 rings (SSSR count). The van der Waals surface area contributed by atoms with E-state index < -0.39 is 0 Å². The fourth-order valence-corrected chi connectivity index (χ4v) is 11.7. The van der Waals surface area contributed by atoms with Crippen molar-refractivity contribution in [2.24, 2.45) is 0 Å². The molecule has 0 saturated heterocycles. The van der Waals surface area contributed by atoms with Crippen molar-refractivity contribution in [3.63, 3.8) is 0 Å². The predicted molar refractivity (Wildman–Crippen MR) is 316 cm³/mol. The number of fused-ring (bicyclic) bond motifs is 15. The van der Waals surface area contributed by atoms with Gasteiger partial charge in [-0.25, -0.2) is 15.0 Å². The van der Waals surface area contributed by atoms with Crippen molar-refractivity contribution < 1.29 is 0 Å². The lowest BCUT2D eigenvalue weighted by atomic mass is 10.1. The lowest BCUT2D eigenvalue weighted by Crippen LogP contribution is -2.21. The van der Waals surface area contributed by atoms with E-state index in [2.05, 4.69) is 253 Å². The van der Waals surface area contributed by atoms with Crippen molar-refractivity contribution in [3.8, 4) is 17.1 Å². The number of benzene rings is 7. The Morgan fingerprint density at radius 3 is 0.949 bits per heavy atom. The minimum Gasteiger partial charge on any atom is -0.309 e. The van der Waals surface area contributed by atoms with E-state index in [9.17, 15) is 0 Å². The first-order valence-corrected chi connectivity index (χ1v) is 26.0. The Hall–Kier alpha value is -10.9. The molecule has 9 heterocycles. The average molecular weight is 1000 g/mol. The van der Waals surface area contributed by atoms with Crippen molar-refractivity contribution in [2.45, 2.75) is 0 Å². The second kappa shape index (κ2) is 17.3. The van der Waals surface area contributed by atoms with Gasteiger partial charge in [0.25, 0.3) is 0 Å². The standard InChI is InChI=1S/C67H43N11/c1-4-17-44(18-5-1)73-54-24-11-10-23-50(54)51-41-47(33-36-55(51)73)76-60-27-12-29-62(70-60)77(48-34-37-56-52(42-48)66-58(25-15-39-68-66)74(56)45-19-6-2-7-20-45)64-31-14-32-65(72-64)78(63-30-13-28-61(76)71-63)49-35-38-57-53(43-49)67-59(26-16-40-69-67)75(57)46-21-8-3-9-22-46/h1-43H. The Kier molecular flexibility index (Phi) is 9.66. The summed E-state index contributed by atoms with van der Waals surface area (Å²) >= 11 is 0. The molecular weight excluding hydrogens is 959 g/mol. The van der Waals surface area contributed by atoms with Crippen molar-refractivity contribution in [1.29, 1.82) is 0 Å². The molecule has 0 unspecified atom stereocenters. The summed E-state index contributed by atoms with van der Waals surface area (Å²) in [6, 6.07) is 86.7. The van der Waals surface area contributed by atoms with E-state index in [0.29, 0.717) is 34.9 Å². The third-order valence-corrected chi connectivity index (χ3v) is 15.0. The molecule has 11 nitrogen and oxygen atoms in total. The van der Waals surface area contributed by atoms with Crippen LogP contribution in [-0.4, -0.2) is 38.6 Å². The fourth-order valence-electron chi connectivity index (χ4n) is 11.7. The fraction of sp³-hybridized carbons (Fsp3) is 0. The van der Waals surface area contributed by atoms with Crippen LogP contribution in [0.1, 0.15) is 0 Å². The van der Waals surface area contributed by atoms with Crippen LogP contribution in [0.4, 0.5) is 52.0 Å². The molecule has 0 N–H and O–H groups in total. The van der Waals surface area contributed by atoms with Gasteiger partial charge in [0.2, 0.25) is 0 Å². The highest BCUT2D eigenvalue weighted by Crippen LogP contribution is 2.45. The van der Waals surface area contributed by atoms with Gasteiger partial charge in [-0.1, -0.05) is 91.0 Å². The highest BCUT2D eigenvalue weighted by molar-refractivity contribution is 6.12. The normalized spacial score (nSPS) is 12.5.